The summed E-state index contributed by atoms with van der Waals surface area (Å²) in [6.07, 6.45) is 7.74. The minimum absolute atomic E-state index is 0.627. The Hall–Kier alpha value is 0.400. The molecule has 5 heteroatoms. The van der Waals surface area contributed by atoms with Crippen LogP contribution in [0, 0.1) is 0 Å². The van der Waals surface area contributed by atoms with Gasteiger partial charge in [-0.25, -0.2) is 0 Å². The van der Waals surface area contributed by atoms with Gasteiger partial charge in [0.05, 0.1) is 6.61 Å². The summed E-state index contributed by atoms with van der Waals surface area (Å²) >= 11 is 4.30. The third-order valence-corrected chi connectivity index (χ3v) is 5.51. The van der Waals surface area contributed by atoms with Crippen LogP contribution in [0.15, 0.2) is 18.2 Å². The highest BCUT2D eigenvalue weighted by Gasteiger charge is 2.17. The average molecular weight is 614 g/mol. The van der Waals surface area contributed by atoms with Crippen LogP contribution in [0.25, 0.3) is 0 Å². The first-order valence-electron chi connectivity index (χ1n) is 10.7. The van der Waals surface area contributed by atoms with Crippen molar-refractivity contribution in [3.63, 3.8) is 0 Å². The molecule has 0 bridgehead atoms. The molecule has 0 radical (unpaired) electrons. The van der Waals surface area contributed by atoms with Crippen molar-refractivity contribution < 1.29 is 4.74 Å². The Labute approximate surface area is 201 Å². The van der Waals surface area contributed by atoms with Crippen molar-refractivity contribution in [1.29, 1.82) is 0 Å². The predicted octanol–water partition coefficient (Wildman–Crippen LogP) is 6.20. The number of likely N-dealkylation sites (tertiary alicyclic amines) is 1. The maximum atomic E-state index is 6.04. The van der Waals surface area contributed by atoms with Gasteiger partial charge < -0.3 is 9.64 Å². The molecule has 1 fully saturated rings. The molecule has 1 aromatic rings. The van der Waals surface area contributed by atoms with E-state index in [-0.39, 0.29) is 0 Å². The molecule has 162 valence electrons. The van der Waals surface area contributed by atoms with E-state index >= 15 is 0 Å². The first-order chi connectivity index (χ1) is 13.7. The van der Waals surface area contributed by atoms with Gasteiger partial charge in [0, 0.05) is 19.1 Å². The van der Waals surface area contributed by atoms with E-state index in [9.17, 15) is 0 Å². The van der Waals surface area contributed by atoms with Gasteiger partial charge in [-0.3, -0.25) is 4.90 Å². The van der Waals surface area contributed by atoms with Gasteiger partial charge >= 0.3 is 0 Å². The van der Waals surface area contributed by atoms with Crippen LogP contribution in [0.2, 0.25) is 0 Å². The van der Waals surface area contributed by atoms with Crippen molar-refractivity contribution in [3.05, 3.63) is 29.3 Å². The van der Waals surface area contributed by atoms with E-state index in [1.807, 2.05) is 9.86 Å². The third-order valence-electron chi connectivity index (χ3n) is 5.51. The monoisotopic (exact) mass is 614 g/mol. The zero-order chi connectivity index (χ0) is 20.8. The van der Waals surface area contributed by atoms with Crippen molar-refractivity contribution in [2.24, 2.45) is 0 Å². The fourth-order valence-corrected chi connectivity index (χ4v) is 3.95. The number of hydrogen-bond donors (Lipinski definition) is 0. The highest BCUT2D eigenvalue weighted by atomic mass is 127. The van der Waals surface area contributed by atoms with Crippen LogP contribution >= 0.6 is 45.2 Å². The zero-order valence-electron chi connectivity index (χ0n) is 18.4. The van der Waals surface area contributed by atoms with Crippen molar-refractivity contribution in [2.45, 2.75) is 65.0 Å². The molecule has 2 heterocycles. The SMILES string of the molecule is CC(C)N1CCCc2cc(OCCCN3CCCCC3)ccc2C1.CI.CI. The number of aryl methyl sites for hydroxylation is 1. The van der Waals surface area contributed by atoms with Crippen LogP contribution in [0.4, 0.5) is 0 Å². The Morgan fingerprint density at radius 2 is 1.64 bits per heavy atom. The Kier molecular flexibility index (Phi) is 15.2. The molecule has 1 aromatic carbocycles. The fourth-order valence-electron chi connectivity index (χ4n) is 3.95. The van der Waals surface area contributed by atoms with Crippen LogP contribution in [0.3, 0.4) is 0 Å². The molecule has 0 saturated carbocycles. The molecule has 0 amide bonds. The molecule has 0 atom stereocenters. The van der Waals surface area contributed by atoms with E-state index in [4.69, 9.17) is 4.74 Å². The van der Waals surface area contributed by atoms with Gasteiger partial charge in [0.15, 0.2) is 0 Å². The molecular formula is C23H40I2N2O. The predicted molar refractivity (Wildman–Crippen MR) is 141 cm³/mol. The van der Waals surface area contributed by atoms with Gasteiger partial charge in [-0.15, -0.1) is 0 Å². The first kappa shape index (κ1) is 26.4. The Morgan fingerprint density at radius 1 is 0.929 bits per heavy atom. The van der Waals surface area contributed by atoms with Gasteiger partial charge in [0.2, 0.25) is 0 Å². The zero-order valence-corrected chi connectivity index (χ0v) is 22.7. The minimum atomic E-state index is 0.627. The summed E-state index contributed by atoms with van der Waals surface area (Å²) in [5, 5.41) is 0. The molecular weight excluding hydrogens is 574 g/mol. The molecule has 0 spiro atoms. The van der Waals surface area contributed by atoms with Crippen molar-refractivity contribution in [1.82, 2.24) is 9.80 Å². The highest BCUT2D eigenvalue weighted by Crippen LogP contribution is 2.24. The summed E-state index contributed by atoms with van der Waals surface area (Å²) in [7, 11) is 0. The van der Waals surface area contributed by atoms with Crippen LogP contribution in [0.5, 0.6) is 5.75 Å². The number of fused-ring (bicyclic) bond motifs is 1. The summed E-state index contributed by atoms with van der Waals surface area (Å²) in [6.45, 7) is 11.5. The van der Waals surface area contributed by atoms with E-state index in [1.165, 1.54) is 69.4 Å². The summed E-state index contributed by atoms with van der Waals surface area (Å²) in [4.78, 5) is 9.10. The van der Waals surface area contributed by atoms with E-state index < -0.39 is 0 Å². The molecule has 1 saturated heterocycles. The lowest BCUT2D eigenvalue weighted by molar-refractivity contribution is 0.205. The van der Waals surface area contributed by atoms with Crippen LogP contribution < -0.4 is 4.74 Å². The van der Waals surface area contributed by atoms with E-state index in [0.717, 1.165) is 25.3 Å². The van der Waals surface area contributed by atoms with E-state index in [0.29, 0.717) is 6.04 Å². The maximum absolute atomic E-state index is 6.04. The molecule has 0 N–H and O–H groups in total. The fraction of sp³-hybridized carbons (Fsp3) is 0.739. The number of alkyl halides is 2. The van der Waals surface area contributed by atoms with E-state index in [1.54, 1.807) is 0 Å². The smallest absolute Gasteiger partial charge is 0.119 e. The summed E-state index contributed by atoms with van der Waals surface area (Å²) in [5.74, 6) is 1.06. The number of hydrogen-bond acceptors (Lipinski definition) is 3. The molecule has 0 aromatic heterocycles. The number of halogens is 2. The van der Waals surface area contributed by atoms with Crippen molar-refractivity contribution in [3.8, 4) is 5.75 Å². The van der Waals surface area contributed by atoms with Crippen LogP contribution in [-0.4, -0.2) is 58.5 Å². The summed E-state index contributed by atoms with van der Waals surface area (Å²) < 4.78 is 6.04. The summed E-state index contributed by atoms with van der Waals surface area (Å²) in [5.41, 5.74) is 2.98. The molecule has 28 heavy (non-hydrogen) atoms. The molecule has 0 aliphatic carbocycles. The van der Waals surface area contributed by atoms with Gasteiger partial charge in [-0.2, -0.15) is 0 Å². The van der Waals surface area contributed by atoms with Crippen molar-refractivity contribution in [2.75, 3.05) is 42.6 Å². The van der Waals surface area contributed by atoms with Gasteiger partial charge in [0.1, 0.15) is 5.75 Å². The Bertz CT molecular complexity index is 519. The number of piperidine rings is 1. The van der Waals surface area contributed by atoms with Gasteiger partial charge in [0.25, 0.3) is 0 Å². The second-order valence-corrected chi connectivity index (χ2v) is 7.70. The molecule has 0 unspecified atom stereocenters. The van der Waals surface area contributed by atoms with Crippen LogP contribution in [0.1, 0.15) is 57.1 Å². The molecule has 3 rings (SSSR count). The van der Waals surface area contributed by atoms with E-state index in [2.05, 4.69) is 87.0 Å². The Balaban J connectivity index is 0.000000921. The quantitative estimate of drug-likeness (QED) is 0.216. The standard InChI is InChI=1S/C21H34N2O.2CH3I/c1-18(2)23-14-6-8-19-16-21(10-9-20(19)17-23)24-15-7-13-22-11-4-3-5-12-22;2*1-2/h9-10,16,18H,3-8,11-15,17H2,1-2H3;2*1H3. The number of rotatable bonds is 6. The lowest BCUT2D eigenvalue weighted by Crippen LogP contribution is -2.31. The minimum Gasteiger partial charge on any atom is -0.494 e. The third kappa shape index (κ3) is 9.47. The topological polar surface area (TPSA) is 15.7 Å². The summed E-state index contributed by atoms with van der Waals surface area (Å²) in [6, 6.07) is 7.38. The normalized spacial score (nSPS) is 17.5. The number of nitrogens with zero attached hydrogens (tertiary/aromatic N) is 2. The van der Waals surface area contributed by atoms with Gasteiger partial charge in [-0.05, 0) is 98.7 Å². The molecule has 2 aliphatic heterocycles. The number of ether oxygens (including phenoxy) is 1. The number of benzene rings is 1. The van der Waals surface area contributed by atoms with Crippen LogP contribution in [-0.2, 0) is 13.0 Å². The molecule has 2 aliphatic rings. The lowest BCUT2D eigenvalue weighted by atomic mass is 10.0. The van der Waals surface area contributed by atoms with Crippen molar-refractivity contribution >= 4 is 45.2 Å². The average Bonchev–Trinajstić information content (AvgIpc) is 2.97. The van der Waals surface area contributed by atoms with Gasteiger partial charge in [-0.1, -0.05) is 57.7 Å². The lowest BCUT2D eigenvalue weighted by Gasteiger charge is -2.26. The first-order valence-corrected chi connectivity index (χ1v) is 15.0. The largest absolute Gasteiger partial charge is 0.494 e. The highest BCUT2D eigenvalue weighted by molar-refractivity contribution is 14.1. The maximum Gasteiger partial charge on any atom is 0.119 e. The second kappa shape index (κ2) is 16.1. The molecule has 3 nitrogen and oxygen atoms in total. The second-order valence-electron chi connectivity index (χ2n) is 7.70. The Morgan fingerprint density at radius 3 is 2.32 bits per heavy atom.